The second kappa shape index (κ2) is 3.64. The first-order valence-electron chi connectivity index (χ1n) is 4.56. The Kier molecular flexibility index (Phi) is 2.51. The fraction of sp³-hybridized carbons (Fsp3) is 0.500. The molecule has 1 aromatic rings. The highest BCUT2D eigenvalue weighted by Gasteiger charge is 2.19. The van der Waals surface area contributed by atoms with E-state index in [1.165, 1.54) is 11.1 Å². The third-order valence-corrected chi connectivity index (χ3v) is 2.85. The third kappa shape index (κ3) is 1.69. The highest BCUT2D eigenvalue weighted by molar-refractivity contribution is 6.29. The quantitative estimate of drug-likeness (QED) is 0.700. The third-order valence-electron chi connectivity index (χ3n) is 2.65. The molecule has 0 aliphatic heterocycles. The first-order valence-corrected chi connectivity index (χ1v) is 4.94. The molecule has 0 saturated carbocycles. The Balaban J connectivity index is 2.41. The van der Waals surface area contributed by atoms with Gasteiger partial charge in [0.15, 0.2) is 0 Å². The number of aliphatic hydroxyl groups excluding tert-OH is 1. The van der Waals surface area contributed by atoms with Gasteiger partial charge in [0.25, 0.3) is 0 Å². The van der Waals surface area contributed by atoms with Crippen molar-refractivity contribution in [2.75, 3.05) is 6.61 Å². The molecule has 1 heterocycles. The molecule has 1 unspecified atom stereocenters. The summed E-state index contributed by atoms with van der Waals surface area (Å²) in [5, 5.41) is 9.69. The van der Waals surface area contributed by atoms with Crippen molar-refractivity contribution in [1.29, 1.82) is 0 Å². The van der Waals surface area contributed by atoms with Crippen LogP contribution in [0.4, 0.5) is 0 Å². The number of halogens is 1. The smallest absolute Gasteiger partial charge is 0.129 e. The molecule has 3 heteroatoms. The molecule has 1 aliphatic carbocycles. The Morgan fingerprint density at radius 2 is 2.46 bits per heavy atom. The van der Waals surface area contributed by atoms with E-state index in [9.17, 15) is 0 Å². The van der Waals surface area contributed by atoms with Gasteiger partial charge in [-0.3, -0.25) is 0 Å². The van der Waals surface area contributed by atoms with E-state index in [0.29, 0.717) is 5.15 Å². The second-order valence-electron chi connectivity index (χ2n) is 3.48. The highest BCUT2D eigenvalue weighted by atomic mass is 35.5. The molecule has 13 heavy (non-hydrogen) atoms. The minimum absolute atomic E-state index is 0.216. The Morgan fingerprint density at radius 3 is 3.23 bits per heavy atom. The summed E-state index contributed by atoms with van der Waals surface area (Å²) in [5.74, 6) is 0.268. The van der Waals surface area contributed by atoms with Gasteiger partial charge < -0.3 is 5.11 Å². The molecule has 0 bridgehead atoms. The predicted molar refractivity (Wildman–Crippen MR) is 52.0 cm³/mol. The summed E-state index contributed by atoms with van der Waals surface area (Å²) in [5.41, 5.74) is 2.43. The molecule has 0 radical (unpaired) electrons. The highest BCUT2D eigenvalue weighted by Crippen LogP contribution is 2.31. The maximum Gasteiger partial charge on any atom is 0.129 e. The lowest BCUT2D eigenvalue weighted by Crippen LogP contribution is -2.13. The van der Waals surface area contributed by atoms with Crippen LogP contribution in [0, 0.1) is 0 Å². The van der Waals surface area contributed by atoms with Crippen molar-refractivity contribution in [3.63, 3.8) is 0 Å². The molecular formula is C10H12ClNO. The average molecular weight is 198 g/mol. The fourth-order valence-electron chi connectivity index (χ4n) is 1.95. The number of rotatable bonds is 1. The van der Waals surface area contributed by atoms with Crippen LogP contribution < -0.4 is 0 Å². The predicted octanol–water partition coefficient (Wildman–Crippen LogP) is 2.15. The first kappa shape index (κ1) is 8.97. The minimum Gasteiger partial charge on any atom is -0.396 e. The number of fused-ring (bicyclic) bond motifs is 1. The zero-order valence-electron chi connectivity index (χ0n) is 7.33. The van der Waals surface area contributed by atoms with Crippen molar-refractivity contribution in [3.05, 3.63) is 28.5 Å². The first-order chi connectivity index (χ1) is 6.31. The van der Waals surface area contributed by atoms with Crippen molar-refractivity contribution in [2.24, 2.45) is 0 Å². The molecule has 0 fully saturated rings. The summed E-state index contributed by atoms with van der Waals surface area (Å²) in [7, 11) is 0. The van der Waals surface area contributed by atoms with Crippen LogP contribution in [0.3, 0.4) is 0 Å². The summed E-state index contributed by atoms with van der Waals surface area (Å²) in [6.45, 7) is 0.216. The van der Waals surface area contributed by atoms with Crippen LogP contribution in [0.15, 0.2) is 12.3 Å². The topological polar surface area (TPSA) is 33.1 Å². The van der Waals surface area contributed by atoms with Gasteiger partial charge in [0.2, 0.25) is 0 Å². The molecule has 2 nitrogen and oxygen atoms in total. The van der Waals surface area contributed by atoms with E-state index in [-0.39, 0.29) is 12.5 Å². The SMILES string of the molecule is OCC1CCCc2cnc(Cl)cc21. The summed E-state index contributed by atoms with van der Waals surface area (Å²) < 4.78 is 0. The maximum atomic E-state index is 9.17. The Bertz CT molecular complexity index is 314. The fourth-order valence-corrected chi connectivity index (χ4v) is 2.11. The molecule has 0 aromatic carbocycles. The lowest BCUT2D eigenvalue weighted by Gasteiger charge is -2.23. The molecule has 0 spiro atoms. The Morgan fingerprint density at radius 1 is 1.62 bits per heavy atom. The lowest BCUT2D eigenvalue weighted by molar-refractivity contribution is 0.253. The van der Waals surface area contributed by atoms with E-state index < -0.39 is 0 Å². The van der Waals surface area contributed by atoms with Gasteiger partial charge in [0, 0.05) is 18.7 Å². The zero-order valence-corrected chi connectivity index (χ0v) is 8.09. The summed E-state index contributed by atoms with van der Waals surface area (Å²) >= 11 is 5.81. The van der Waals surface area contributed by atoms with Crippen LogP contribution in [0.1, 0.15) is 29.9 Å². The van der Waals surface area contributed by atoms with Crippen molar-refractivity contribution in [2.45, 2.75) is 25.2 Å². The number of aromatic nitrogens is 1. The van der Waals surface area contributed by atoms with Gasteiger partial charge in [0.1, 0.15) is 5.15 Å². The monoisotopic (exact) mass is 197 g/mol. The molecule has 70 valence electrons. The molecule has 1 aliphatic rings. The minimum atomic E-state index is 0.216. The van der Waals surface area contributed by atoms with E-state index in [2.05, 4.69) is 4.98 Å². The molecular weight excluding hydrogens is 186 g/mol. The molecule has 1 aromatic heterocycles. The van der Waals surface area contributed by atoms with Crippen molar-refractivity contribution >= 4 is 11.6 Å². The number of pyridine rings is 1. The van der Waals surface area contributed by atoms with Crippen LogP contribution in [0.5, 0.6) is 0 Å². The zero-order chi connectivity index (χ0) is 9.26. The van der Waals surface area contributed by atoms with E-state index in [4.69, 9.17) is 16.7 Å². The molecule has 0 saturated heterocycles. The van der Waals surface area contributed by atoms with E-state index in [0.717, 1.165) is 19.3 Å². The van der Waals surface area contributed by atoms with Crippen LogP contribution in [0.2, 0.25) is 5.15 Å². The molecule has 2 rings (SSSR count). The van der Waals surface area contributed by atoms with Crippen molar-refractivity contribution in [1.82, 2.24) is 4.98 Å². The Labute approximate surface area is 82.6 Å². The van der Waals surface area contributed by atoms with E-state index >= 15 is 0 Å². The van der Waals surface area contributed by atoms with Gasteiger partial charge >= 0.3 is 0 Å². The van der Waals surface area contributed by atoms with Crippen LogP contribution in [0.25, 0.3) is 0 Å². The van der Waals surface area contributed by atoms with Gasteiger partial charge in [0.05, 0.1) is 0 Å². The largest absolute Gasteiger partial charge is 0.396 e. The van der Waals surface area contributed by atoms with Crippen molar-refractivity contribution in [3.8, 4) is 0 Å². The lowest BCUT2D eigenvalue weighted by atomic mass is 9.84. The summed E-state index contributed by atoms with van der Waals surface area (Å²) in [6.07, 6.45) is 5.10. The Hall–Kier alpha value is -0.600. The normalized spacial score (nSPS) is 21.2. The van der Waals surface area contributed by atoms with Crippen LogP contribution in [-0.2, 0) is 6.42 Å². The maximum absolute atomic E-state index is 9.17. The standard InChI is InChI=1S/C10H12ClNO/c11-10-4-9-7(5-12-10)2-1-3-8(9)6-13/h4-5,8,13H,1-3,6H2. The number of hydrogen-bond donors (Lipinski definition) is 1. The number of hydrogen-bond acceptors (Lipinski definition) is 2. The van der Waals surface area contributed by atoms with E-state index in [1.54, 1.807) is 0 Å². The molecule has 1 atom stereocenters. The average Bonchev–Trinajstić information content (AvgIpc) is 2.17. The number of nitrogens with zero attached hydrogens (tertiary/aromatic N) is 1. The second-order valence-corrected chi connectivity index (χ2v) is 3.86. The van der Waals surface area contributed by atoms with Gasteiger partial charge in [-0.2, -0.15) is 0 Å². The number of aliphatic hydroxyl groups is 1. The van der Waals surface area contributed by atoms with Crippen LogP contribution in [-0.4, -0.2) is 16.7 Å². The van der Waals surface area contributed by atoms with Gasteiger partial charge in [-0.25, -0.2) is 4.98 Å². The summed E-state index contributed by atoms with van der Waals surface area (Å²) in [6, 6.07) is 1.89. The van der Waals surface area contributed by atoms with Gasteiger partial charge in [-0.15, -0.1) is 0 Å². The van der Waals surface area contributed by atoms with Crippen LogP contribution >= 0.6 is 11.6 Å². The summed E-state index contributed by atoms with van der Waals surface area (Å²) in [4.78, 5) is 4.04. The molecule has 0 amide bonds. The van der Waals surface area contributed by atoms with Crippen molar-refractivity contribution < 1.29 is 5.11 Å². The number of aryl methyl sites for hydroxylation is 1. The van der Waals surface area contributed by atoms with Gasteiger partial charge in [-0.1, -0.05) is 11.6 Å². The molecule has 1 N–H and O–H groups in total. The van der Waals surface area contributed by atoms with Gasteiger partial charge in [-0.05, 0) is 36.5 Å². The van der Waals surface area contributed by atoms with E-state index in [1.807, 2.05) is 12.3 Å².